The van der Waals surface area contributed by atoms with Crippen LogP contribution in [0, 0.1) is 6.92 Å². The van der Waals surface area contributed by atoms with Gasteiger partial charge in [-0.15, -0.1) is 0 Å². The summed E-state index contributed by atoms with van der Waals surface area (Å²) < 4.78 is 0. The van der Waals surface area contributed by atoms with Gasteiger partial charge in [-0.1, -0.05) is 17.7 Å². The summed E-state index contributed by atoms with van der Waals surface area (Å²) in [6.45, 7) is 1.84. The second-order valence-electron chi connectivity index (χ2n) is 4.66. The van der Waals surface area contributed by atoms with Crippen molar-refractivity contribution in [2.45, 2.75) is 31.7 Å². The van der Waals surface area contributed by atoms with E-state index in [1.165, 1.54) is 0 Å². The first-order valence-electron chi connectivity index (χ1n) is 5.77. The van der Waals surface area contributed by atoms with Crippen LogP contribution in [0.15, 0.2) is 18.2 Å². The molecule has 0 atom stereocenters. The quantitative estimate of drug-likeness (QED) is 0.884. The zero-order valence-electron chi connectivity index (χ0n) is 10.00. The molecule has 18 heavy (non-hydrogen) atoms. The number of carbonyl (C=O) groups is 2. The molecule has 0 aromatic heterocycles. The van der Waals surface area contributed by atoms with Crippen molar-refractivity contribution < 1.29 is 14.7 Å². The van der Waals surface area contributed by atoms with Crippen LogP contribution in [0.1, 0.15) is 35.2 Å². The van der Waals surface area contributed by atoms with Crippen molar-refractivity contribution in [3.63, 3.8) is 0 Å². The molecule has 2 rings (SSSR count). The Hall–Kier alpha value is -1.55. The number of aliphatic carboxylic acids is 1. The monoisotopic (exact) mass is 267 g/mol. The first-order chi connectivity index (χ1) is 8.44. The van der Waals surface area contributed by atoms with Crippen LogP contribution in [0.3, 0.4) is 0 Å². The molecule has 96 valence electrons. The molecule has 1 saturated carbocycles. The molecule has 0 heterocycles. The predicted octanol–water partition coefficient (Wildman–Crippen LogP) is 2.39. The zero-order chi connectivity index (χ0) is 13.3. The molecule has 0 bridgehead atoms. The molecule has 1 fully saturated rings. The highest BCUT2D eigenvalue weighted by molar-refractivity contribution is 6.31. The molecule has 1 amide bonds. The Morgan fingerprint density at radius 1 is 1.39 bits per heavy atom. The van der Waals surface area contributed by atoms with E-state index >= 15 is 0 Å². The van der Waals surface area contributed by atoms with Crippen molar-refractivity contribution in [2.24, 2.45) is 0 Å². The molecule has 4 nitrogen and oxygen atoms in total. The number of hydrogen-bond acceptors (Lipinski definition) is 2. The number of hydrogen-bond donors (Lipinski definition) is 2. The SMILES string of the molecule is Cc1ccc(C(=O)NC2(C(=O)O)CCC2)cc1Cl. The fourth-order valence-electron chi connectivity index (χ4n) is 1.95. The summed E-state index contributed by atoms with van der Waals surface area (Å²) in [5.41, 5.74) is 0.178. The third kappa shape index (κ3) is 2.20. The van der Waals surface area contributed by atoms with Gasteiger partial charge in [-0.25, -0.2) is 4.79 Å². The lowest BCUT2D eigenvalue weighted by atomic mass is 9.76. The van der Waals surface area contributed by atoms with Gasteiger partial charge >= 0.3 is 5.97 Å². The van der Waals surface area contributed by atoms with Gasteiger partial charge in [0.2, 0.25) is 0 Å². The smallest absolute Gasteiger partial charge is 0.329 e. The lowest BCUT2D eigenvalue weighted by Crippen LogP contribution is -2.59. The number of amides is 1. The first kappa shape index (κ1) is 12.9. The normalized spacial score (nSPS) is 16.8. The van der Waals surface area contributed by atoms with E-state index in [9.17, 15) is 9.59 Å². The van der Waals surface area contributed by atoms with Crippen LogP contribution in [-0.2, 0) is 4.79 Å². The summed E-state index contributed by atoms with van der Waals surface area (Å²) in [6.07, 6.45) is 1.78. The maximum Gasteiger partial charge on any atom is 0.329 e. The van der Waals surface area contributed by atoms with Crippen LogP contribution in [-0.4, -0.2) is 22.5 Å². The average Bonchev–Trinajstić information content (AvgIpc) is 2.26. The molecule has 0 aliphatic heterocycles. The lowest BCUT2D eigenvalue weighted by molar-refractivity contribution is -0.148. The summed E-state index contributed by atoms with van der Waals surface area (Å²) in [6, 6.07) is 4.94. The van der Waals surface area contributed by atoms with E-state index in [-0.39, 0.29) is 5.91 Å². The summed E-state index contributed by atoms with van der Waals surface area (Å²) in [7, 11) is 0. The van der Waals surface area contributed by atoms with Gasteiger partial charge < -0.3 is 10.4 Å². The Balaban J connectivity index is 2.17. The van der Waals surface area contributed by atoms with Crippen molar-refractivity contribution in [1.82, 2.24) is 5.32 Å². The van der Waals surface area contributed by atoms with Crippen LogP contribution in [0.4, 0.5) is 0 Å². The third-order valence-corrected chi connectivity index (χ3v) is 3.81. The van der Waals surface area contributed by atoms with Gasteiger partial charge in [0.25, 0.3) is 5.91 Å². The topological polar surface area (TPSA) is 66.4 Å². The average molecular weight is 268 g/mol. The fourth-order valence-corrected chi connectivity index (χ4v) is 2.13. The van der Waals surface area contributed by atoms with E-state index in [1.807, 2.05) is 6.92 Å². The first-order valence-corrected chi connectivity index (χ1v) is 6.14. The van der Waals surface area contributed by atoms with E-state index < -0.39 is 11.5 Å². The third-order valence-electron chi connectivity index (χ3n) is 3.40. The lowest BCUT2D eigenvalue weighted by Gasteiger charge is -2.38. The minimum atomic E-state index is -1.09. The second kappa shape index (κ2) is 4.61. The Morgan fingerprint density at radius 3 is 2.50 bits per heavy atom. The highest BCUT2D eigenvalue weighted by atomic mass is 35.5. The Kier molecular flexibility index (Phi) is 3.30. The van der Waals surface area contributed by atoms with E-state index in [2.05, 4.69) is 5.32 Å². The number of benzene rings is 1. The molecule has 1 aromatic rings. The maximum atomic E-state index is 12.0. The van der Waals surface area contributed by atoms with Crippen molar-refractivity contribution in [1.29, 1.82) is 0 Å². The van der Waals surface area contributed by atoms with Crippen LogP contribution < -0.4 is 5.32 Å². The zero-order valence-corrected chi connectivity index (χ0v) is 10.8. The molecule has 2 N–H and O–H groups in total. The van der Waals surface area contributed by atoms with Gasteiger partial charge in [-0.2, -0.15) is 0 Å². The van der Waals surface area contributed by atoms with Crippen molar-refractivity contribution >= 4 is 23.5 Å². The predicted molar refractivity (Wildman–Crippen MR) is 67.9 cm³/mol. The number of nitrogens with one attached hydrogen (secondary N) is 1. The van der Waals surface area contributed by atoms with E-state index in [1.54, 1.807) is 18.2 Å². The van der Waals surface area contributed by atoms with Crippen LogP contribution in [0.5, 0.6) is 0 Å². The molecule has 0 spiro atoms. The fraction of sp³-hybridized carbons (Fsp3) is 0.385. The van der Waals surface area contributed by atoms with E-state index in [0.717, 1.165) is 12.0 Å². The van der Waals surface area contributed by atoms with Gasteiger partial charge in [0.05, 0.1) is 0 Å². The maximum absolute atomic E-state index is 12.0. The van der Waals surface area contributed by atoms with Crippen LogP contribution in [0.2, 0.25) is 5.02 Å². The molecule has 0 saturated heterocycles. The highest BCUT2D eigenvalue weighted by Crippen LogP contribution is 2.32. The minimum absolute atomic E-state index is 0.387. The molecule has 1 aromatic carbocycles. The number of halogens is 1. The number of rotatable bonds is 3. The Morgan fingerprint density at radius 2 is 2.06 bits per heavy atom. The van der Waals surface area contributed by atoms with Gasteiger partial charge in [0.15, 0.2) is 0 Å². The van der Waals surface area contributed by atoms with Gasteiger partial charge in [0, 0.05) is 10.6 Å². The molecule has 1 aliphatic carbocycles. The summed E-state index contributed by atoms with van der Waals surface area (Å²) in [5.74, 6) is -1.36. The molecular formula is C13H14ClNO3. The van der Waals surface area contributed by atoms with Gasteiger partial charge in [0.1, 0.15) is 5.54 Å². The number of aryl methyl sites for hydroxylation is 1. The standard InChI is InChI=1S/C13H14ClNO3/c1-8-3-4-9(7-10(8)14)11(16)15-13(12(17)18)5-2-6-13/h3-4,7H,2,5-6H2,1H3,(H,15,16)(H,17,18). The van der Waals surface area contributed by atoms with Crippen LogP contribution in [0.25, 0.3) is 0 Å². The Bertz CT molecular complexity index is 509. The van der Waals surface area contributed by atoms with Crippen LogP contribution >= 0.6 is 11.6 Å². The summed E-state index contributed by atoms with van der Waals surface area (Å²) in [4.78, 5) is 23.1. The summed E-state index contributed by atoms with van der Waals surface area (Å²) >= 11 is 5.94. The molecule has 0 unspecified atom stereocenters. The number of carboxylic acids is 1. The second-order valence-corrected chi connectivity index (χ2v) is 5.07. The number of carbonyl (C=O) groups excluding carboxylic acids is 1. The molecule has 0 radical (unpaired) electrons. The summed E-state index contributed by atoms with van der Waals surface area (Å²) in [5, 5.41) is 12.2. The van der Waals surface area contributed by atoms with E-state index in [0.29, 0.717) is 23.4 Å². The molecule has 1 aliphatic rings. The van der Waals surface area contributed by atoms with Crippen molar-refractivity contribution in [3.05, 3.63) is 34.3 Å². The van der Waals surface area contributed by atoms with Gasteiger partial charge in [-0.3, -0.25) is 4.79 Å². The number of carboxylic acid groups (broad SMARTS) is 1. The van der Waals surface area contributed by atoms with Gasteiger partial charge in [-0.05, 0) is 43.9 Å². The molecular weight excluding hydrogens is 254 g/mol. The molecule has 5 heteroatoms. The Labute approximate surface area is 110 Å². The van der Waals surface area contributed by atoms with Crippen molar-refractivity contribution in [2.75, 3.05) is 0 Å². The van der Waals surface area contributed by atoms with Crippen molar-refractivity contribution in [3.8, 4) is 0 Å². The highest BCUT2D eigenvalue weighted by Gasteiger charge is 2.45. The van der Waals surface area contributed by atoms with E-state index in [4.69, 9.17) is 16.7 Å². The largest absolute Gasteiger partial charge is 0.480 e. The minimum Gasteiger partial charge on any atom is -0.480 e.